The number of halogens is 30. The molecule has 0 aliphatic carbocycles. The zero-order valence-corrected chi connectivity index (χ0v) is 28.6. The molecule has 364 valence electrons. The lowest BCUT2D eigenvalue weighted by Gasteiger charge is -2.41. The average Bonchev–Trinajstić information content (AvgIpc) is 3.08. The van der Waals surface area contributed by atoms with Gasteiger partial charge < -0.3 is 20.1 Å². The Hall–Kier alpha value is -4.06. The zero-order chi connectivity index (χ0) is 50.4. The number of ether oxygens (including phenoxy) is 2. The second-order valence-corrected chi connectivity index (χ2v) is 11.5. The first-order valence-electron chi connectivity index (χ1n) is 14.1. The van der Waals surface area contributed by atoms with E-state index in [-0.39, 0.29) is 12.2 Å². The zero-order valence-electron chi connectivity index (χ0n) is 27.8. The summed E-state index contributed by atoms with van der Waals surface area (Å²) in [6.45, 7) is -6.59. The summed E-state index contributed by atoms with van der Waals surface area (Å²) in [4.78, 5) is 34.2. The monoisotopic (exact) mass is 1010 g/mol. The molecule has 2 amide bonds. The normalized spacial score (nSPS) is 15.4. The molecule has 0 aromatic carbocycles. The third kappa shape index (κ3) is 9.27. The van der Waals surface area contributed by atoms with Crippen LogP contribution in [0.3, 0.4) is 0 Å². The Bertz CT molecular complexity index is 1570. The van der Waals surface area contributed by atoms with Crippen molar-refractivity contribution in [3.63, 3.8) is 0 Å². The first-order valence-corrected chi connectivity index (χ1v) is 14.5. The predicted octanol–water partition coefficient (Wildman–Crippen LogP) is 8.41. The van der Waals surface area contributed by atoms with Gasteiger partial charge in [-0.2, -0.15) is 132 Å². The van der Waals surface area contributed by atoms with Gasteiger partial charge in [-0.3, -0.25) is 9.59 Å². The number of carbonyl (C=O) groups is 3. The van der Waals surface area contributed by atoms with Crippen LogP contribution in [0.15, 0.2) is 12.2 Å². The van der Waals surface area contributed by atoms with Gasteiger partial charge in [0, 0.05) is 6.08 Å². The number of thiocarbonyl (C=S) groups is 1. The first-order chi connectivity index (χ1) is 26.8. The fourth-order valence-corrected chi connectivity index (χ4v) is 3.46. The number of rotatable bonds is 20. The standard InChI is InChI=1S/C24H12F30N2O5S/c25-11(26,13(29,30)15(33,34)17(37,38)19(41,42)21(45,46)23(49,50)51)9(58)55-3-5-60-7(57)1-2-8(62)61-6-4-56-10(59)12(27,28)14(31,32)16(35,36)18(39,40)20(43,44)22(47,48)24(52,53)54/h1-2H,3-6H2,(H,55,58)(H,56,59)/b2-1+. The summed E-state index contributed by atoms with van der Waals surface area (Å²) in [5.74, 6) is -109. The molecule has 0 saturated heterocycles. The van der Waals surface area contributed by atoms with E-state index < -0.39 is 133 Å². The number of hydrogen-bond donors (Lipinski definition) is 2. The minimum atomic E-state index is -8.72. The van der Waals surface area contributed by atoms with Gasteiger partial charge in [-0.25, -0.2) is 4.79 Å². The molecule has 0 aliphatic rings. The van der Waals surface area contributed by atoms with E-state index in [1.807, 2.05) is 0 Å². The van der Waals surface area contributed by atoms with Gasteiger partial charge in [-0.1, -0.05) is 0 Å². The lowest BCUT2D eigenvalue weighted by molar-refractivity contribution is -0.449. The fraction of sp³-hybridized carbons (Fsp3) is 0.750. The Morgan fingerprint density at radius 2 is 0.613 bits per heavy atom. The molecule has 0 rings (SSSR count). The minimum absolute atomic E-state index is 0.0000793. The highest BCUT2D eigenvalue weighted by Crippen LogP contribution is 2.64. The van der Waals surface area contributed by atoms with Crippen molar-refractivity contribution in [1.82, 2.24) is 10.6 Å². The lowest BCUT2D eigenvalue weighted by atomic mass is 9.91. The molecule has 62 heavy (non-hydrogen) atoms. The summed E-state index contributed by atoms with van der Waals surface area (Å²) in [6, 6.07) is 0. The number of hydrogen-bond acceptors (Lipinski definition) is 6. The maximum Gasteiger partial charge on any atom is 0.460 e. The second kappa shape index (κ2) is 17.1. The molecule has 0 radical (unpaired) electrons. The smallest absolute Gasteiger partial charge is 0.460 e. The van der Waals surface area contributed by atoms with Crippen LogP contribution in [0.1, 0.15) is 0 Å². The van der Waals surface area contributed by atoms with Crippen molar-refractivity contribution in [1.29, 1.82) is 0 Å². The number of amides is 2. The number of alkyl halides is 30. The third-order valence-electron chi connectivity index (χ3n) is 6.85. The van der Waals surface area contributed by atoms with Crippen molar-refractivity contribution >= 4 is 35.1 Å². The lowest BCUT2D eigenvalue weighted by Crippen LogP contribution is -2.74. The van der Waals surface area contributed by atoms with Crippen molar-refractivity contribution in [2.75, 3.05) is 26.3 Å². The molecular weight excluding hydrogens is 998 g/mol. The van der Waals surface area contributed by atoms with Gasteiger partial charge in [-0.15, -0.1) is 0 Å². The highest BCUT2D eigenvalue weighted by Gasteiger charge is 2.95. The van der Waals surface area contributed by atoms with Crippen molar-refractivity contribution in [3.05, 3.63) is 12.2 Å². The van der Waals surface area contributed by atoms with Gasteiger partial charge in [0.2, 0.25) is 0 Å². The van der Waals surface area contributed by atoms with Crippen LogP contribution < -0.4 is 10.6 Å². The van der Waals surface area contributed by atoms with Gasteiger partial charge in [0.25, 0.3) is 11.8 Å². The molecule has 0 aromatic rings. The highest BCUT2D eigenvalue weighted by molar-refractivity contribution is 7.80. The summed E-state index contributed by atoms with van der Waals surface area (Å²) >= 11 is 4.26. The largest absolute Gasteiger partial charge is 0.481 e. The van der Waals surface area contributed by atoms with Crippen LogP contribution in [0.2, 0.25) is 0 Å². The van der Waals surface area contributed by atoms with Crippen LogP contribution in [-0.2, 0) is 23.9 Å². The number of nitrogens with one attached hydrogen (secondary N) is 2. The van der Waals surface area contributed by atoms with Crippen molar-refractivity contribution < 1.29 is 156 Å². The van der Waals surface area contributed by atoms with Gasteiger partial charge in [-0.05, 0) is 18.3 Å². The van der Waals surface area contributed by atoms with E-state index in [0.717, 1.165) is 0 Å². The molecule has 0 unspecified atom stereocenters. The summed E-state index contributed by atoms with van der Waals surface area (Å²) < 4.78 is 404. The molecule has 38 heteroatoms. The van der Waals surface area contributed by atoms with E-state index in [4.69, 9.17) is 0 Å². The maximum absolute atomic E-state index is 13.8. The maximum atomic E-state index is 13.8. The van der Waals surface area contributed by atoms with E-state index in [1.54, 1.807) is 0 Å². The topological polar surface area (TPSA) is 93.7 Å². The number of carbonyl (C=O) groups excluding carboxylic acids is 3. The molecule has 0 spiro atoms. The highest BCUT2D eigenvalue weighted by atomic mass is 32.1. The summed E-state index contributed by atoms with van der Waals surface area (Å²) in [5.41, 5.74) is 0. The Labute approximate surface area is 324 Å². The van der Waals surface area contributed by atoms with Crippen LogP contribution in [-0.4, -0.2) is 133 Å². The quantitative estimate of drug-likeness (QED) is 0.0419. The predicted molar refractivity (Wildman–Crippen MR) is 136 cm³/mol. The second-order valence-electron chi connectivity index (χ2n) is 11.1. The molecular formula is C24H12F30N2O5S. The van der Waals surface area contributed by atoms with Gasteiger partial charge in [0.15, 0.2) is 5.05 Å². The van der Waals surface area contributed by atoms with Crippen molar-refractivity contribution in [2.45, 2.75) is 83.4 Å². The van der Waals surface area contributed by atoms with Crippen LogP contribution >= 0.6 is 12.2 Å². The fourth-order valence-electron chi connectivity index (χ4n) is 3.31. The van der Waals surface area contributed by atoms with E-state index in [0.29, 0.717) is 10.6 Å². The Morgan fingerprint density at radius 3 is 0.887 bits per heavy atom. The molecule has 7 nitrogen and oxygen atoms in total. The van der Waals surface area contributed by atoms with E-state index in [1.165, 1.54) is 0 Å². The molecule has 0 bridgehead atoms. The van der Waals surface area contributed by atoms with Crippen LogP contribution in [0.25, 0.3) is 0 Å². The molecule has 0 aliphatic heterocycles. The van der Waals surface area contributed by atoms with E-state index >= 15 is 0 Å². The summed E-state index contributed by atoms with van der Waals surface area (Å²) in [5, 5.41) is -0.256. The Morgan fingerprint density at radius 1 is 0.371 bits per heavy atom. The summed E-state index contributed by atoms with van der Waals surface area (Å²) in [7, 11) is 0. The molecule has 0 aromatic heterocycles. The molecule has 0 atom stereocenters. The Balaban J connectivity index is 5.48. The number of esters is 1. The molecule has 0 fully saturated rings. The molecule has 0 saturated carbocycles. The van der Waals surface area contributed by atoms with Gasteiger partial charge >= 0.3 is 89.4 Å². The van der Waals surface area contributed by atoms with Crippen LogP contribution in [0.5, 0.6) is 0 Å². The van der Waals surface area contributed by atoms with E-state index in [2.05, 4.69) is 21.7 Å². The van der Waals surface area contributed by atoms with Crippen LogP contribution in [0.4, 0.5) is 132 Å². The summed E-state index contributed by atoms with van der Waals surface area (Å²) in [6.07, 6.45) is -15.6. The third-order valence-corrected chi connectivity index (χ3v) is 7.10. The van der Waals surface area contributed by atoms with Gasteiger partial charge in [0.05, 0.1) is 13.1 Å². The molecule has 0 heterocycles. The van der Waals surface area contributed by atoms with Crippen molar-refractivity contribution in [3.8, 4) is 0 Å². The van der Waals surface area contributed by atoms with E-state index in [9.17, 15) is 146 Å². The minimum Gasteiger partial charge on any atom is -0.481 e. The van der Waals surface area contributed by atoms with Gasteiger partial charge in [0.1, 0.15) is 13.2 Å². The SMILES string of the molecule is O=C(/C=C/C(=S)OCCNC(=O)C(F)(F)C(F)(F)C(F)(F)C(F)(F)C(F)(F)C(F)(F)C(F)(F)F)OCCNC(=O)C(F)(F)C(F)(F)C(F)(F)C(F)(F)C(F)(F)C(F)(F)C(F)(F)F. The molecule has 2 N–H and O–H groups in total. The van der Waals surface area contributed by atoms with Crippen molar-refractivity contribution in [2.24, 2.45) is 0 Å². The van der Waals surface area contributed by atoms with Crippen LogP contribution in [0, 0.1) is 0 Å². The first kappa shape index (κ1) is 57.9. The Kier molecular flexibility index (Phi) is 16.0. The average molecular weight is 1010 g/mol.